The van der Waals surface area contributed by atoms with E-state index in [1.165, 1.54) is 88.3 Å². The van der Waals surface area contributed by atoms with Gasteiger partial charge >= 0.3 is 11.8 Å². The fraction of sp³-hybridized carbons (Fsp3) is 0.586. The lowest BCUT2D eigenvalue weighted by molar-refractivity contribution is -0.204. The topological polar surface area (TPSA) is 0 Å². The minimum absolute atomic E-state index is 0.252. The lowest BCUT2D eigenvalue weighted by Gasteiger charge is -2.29. The Labute approximate surface area is 196 Å². The first-order valence-corrected chi connectivity index (χ1v) is 12.7. The summed E-state index contributed by atoms with van der Waals surface area (Å²) < 4.78 is 54.2. The number of hydrogen-bond acceptors (Lipinski definition) is 0. The lowest BCUT2D eigenvalue weighted by Crippen LogP contribution is -2.34. The Kier molecular flexibility index (Phi) is 9.01. The summed E-state index contributed by atoms with van der Waals surface area (Å²) >= 11 is 0. The number of unbranched alkanes of at least 4 members (excludes halogenated alkanes) is 5. The van der Waals surface area contributed by atoms with Crippen molar-refractivity contribution in [3.63, 3.8) is 0 Å². The van der Waals surface area contributed by atoms with E-state index < -0.39 is 17.4 Å². The van der Waals surface area contributed by atoms with Gasteiger partial charge in [-0.2, -0.15) is 17.6 Å². The van der Waals surface area contributed by atoms with E-state index in [-0.39, 0.29) is 6.92 Å². The van der Waals surface area contributed by atoms with Crippen LogP contribution in [-0.2, 0) is 5.92 Å². The van der Waals surface area contributed by atoms with Crippen molar-refractivity contribution in [2.45, 2.75) is 102 Å². The summed E-state index contributed by atoms with van der Waals surface area (Å²) in [4.78, 5) is 0. The van der Waals surface area contributed by atoms with E-state index >= 15 is 0 Å². The zero-order chi connectivity index (χ0) is 23.9. The largest absolute Gasteiger partial charge is 0.335 e. The van der Waals surface area contributed by atoms with Crippen LogP contribution in [0.25, 0.3) is 11.1 Å². The molecule has 0 amide bonds. The molecule has 0 N–H and O–H groups in total. The van der Waals surface area contributed by atoms with Gasteiger partial charge < -0.3 is 0 Å². The molecule has 0 unspecified atom stereocenters. The van der Waals surface area contributed by atoms with Gasteiger partial charge in [-0.15, -0.1) is 0 Å². The van der Waals surface area contributed by atoms with E-state index in [9.17, 15) is 17.6 Å². The Morgan fingerprint density at radius 2 is 1.21 bits per heavy atom. The molecular weight excluding hydrogens is 424 g/mol. The molecule has 2 aromatic rings. The van der Waals surface area contributed by atoms with Crippen LogP contribution in [0.4, 0.5) is 17.6 Å². The molecule has 0 aliphatic heterocycles. The van der Waals surface area contributed by atoms with Crippen molar-refractivity contribution in [3.8, 4) is 11.1 Å². The maximum absolute atomic E-state index is 13.9. The van der Waals surface area contributed by atoms with Crippen molar-refractivity contribution in [1.29, 1.82) is 0 Å². The Balaban J connectivity index is 1.50. The van der Waals surface area contributed by atoms with E-state index in [4.69, 9.17) is 0 Å². The Hall–Kier alpha value is -1.84. The molecule has 0 aromatic heterocycles. The van der Waals surface area contributed by atoms with Gasteiger partial charge in [0.05, 0.1) is 0 Å². The molecule has 0 radical (unpaired) electrons. The monoisotopic (exact) mass is 462 g/mol. The van der Waals surface area contributed by atoms with Crippen LogP contribution >= 0.6 is 0 Å². The highest BCUT2D eigenvalue weighted by molar-refractivity contribution is 5.64. The van der Waals surface area contributed by atoms with Crippen molar-refractivity contribution >= 4 is 0 Å². The van der Waals surface area contributed by atoms with Gasteiger partial charge in [-0.1, -0.05) is 100 Å². The third-order valence-corrected chi connectivity index (χ3v) is 7.33. The van der Waals surface area contributed by atoms with Crippen molar-refractivity contribution in [1.82, 2.24) is 0 Å². The minimum atomic E-state index is -4.18. The van der Waals surface area contributed by atoms with E-state index in [1.54, 1.807) is 0 Å². The van der Waals surface area contributed by atoms with Crippen LogP contribution in [-0.4, -0.2) is 5.92 Å². The van der Waals surface area contributed by atoms with Crippen LogP contribution in [0, 0.1) is 5.92 Å². The summed E-state index contributed by atoms with van der Waals surface area (Å²) in [6, 6.07) is 13.5. The highest BCUT2D eigenvalue weighted by Gasteiger charge is 2.53. The normalized spacial score (nSPS) is 19.6. The fourth-order valence-corrected chi connectivity index (χ4v) is 5.07. The standard InChI is InChI=1S/C29H38F4/c1-3-4-5-6-7-8-9-22-10-12-23(13-11-22)24-14-16-25(17-15-24)26-18-20-27(21-19-26)29(32,33)28(2,30)31/h14-23H,3-13H2,1-2H3. The van der Waals surface area contributed by atoms with Crippen LogP contribution in [0.5, 0.6) is 0 Å². The van der Waals surface area contributed by atoms with E-state index in [2.05, 4.69) is 19.1 Å². The maximum atomic E-state index is 13.9. The molecule has 0 atom stereocenters. The minimum Gasteiger partial charge on any atom is -0.200 e. The molecule has 4 heteroatoms. The summed E-state index contributed by atoms with van der Waals surface area (Å²) in [5, 5.41) is 0. The molecule has 33 heavy (non-hydrogen) atoms. The molecule has 0 nitrogen and oxygen atoms in total. The van der Waals surface area contributed by atoms with Crippen molar-refractivity contribution in [2.24, 2.45) is 5.92 Å². The second kappa shape index (κ2) is 11.5. The first kappa shape index (κ1) is 25.8. The molecule has 0 saturated heterocycles. The molecule has 0 heterocycles. The predicted molar refractivity (Wildman–Crippen MR) is 129 cm³/mol. The zero-order valence-corrected chi connectivity index (χ0v) is 20.1. The van der Waals surface area contributed by atoms with Gasteiger partial charge in [-0.25, -0.2) is 0 Å². The molecule has 0 spiro atoms. The van der Waals surface area contributed by atoms with E-state index in [0.29, 0.717) is 5.92 Å². The second-order valence-electron chi connectivity index (χ2n) is 9.94. The van der Waals surface area contributed by atoms with Crippen LogP contribution in [0.2, 0.25) is 0 Å². The summed E-state index contributed by atoms with van der Waals surface area (Å²) in [5.74, 6) is -6.81. The first-order valence-electron chi connectivity index (χ1n) is 12.7. The summed E-state index contributed by atoms with van der Waals surface area (Å²) in [6.07, 6.45) is 14.6. The van der Waals surface area contributed by atoms with Gasteiger partial charge in [-0.3, -0.25) is 0 Å². The summed E-state index contributed by atoms with van der Waals surface area (Å²) in [6.45, 7) is 2.51. The van der Waals surface area contributed by atoms with Gasteiger partial charge in [0.2, 0.25) is 0 Å². The molecule has 1 saturated carbocycles. The smallest absolute Gasteiger partial charge is 0.200 e. The van der Waals surface area contributed by atoms with Crippen LogP contribution in [0.3, 0.4) is 0 Å². The van der Waals surface area contributed by atoms with E-state index in [0.717, 1.165) is 29.2 Å². The fourth-order valence-electron chi connectivity index (χ4n) is 5.07. The third kappa shape index (κ3) is 6.83. The number of halogens is 4. The molecular formula is C29H38F4. The van der Waals surface area contributed by atoms with E-state index in [1.807, 2.05) is 12.1 Å². The van der Waals surface area contributed by atoms with Crippen LogP contribution < -0.4 is 0 Å². The number of rotatable bonds is 11. The highest BCUT2D eigenvalue weighted by atomic mass is 19.3. The quantitative estimate of drug-likeness (QED) is 0.230. The highest BCUT2D eigenvalue weighted by Crippen LogP contribution is 2.43. The van der Waals surface area contributed by atoms with Gasteiger partial charge in [0.25, 0.3) is 0 Å². The molecule has 1 fully saturated rings. The number of benzene rings is 2. The van der Waals surface area contributed by atoms with Gasteiger partial charge in [-0.05, 0) is 54.2 Å². The zero-order valence-electron chi connectivity index (χ0n) is 20.1. The number of alkyl halides is 4. The van der Waals surface area contributed by atoms with Gasteiger partial charge in [0, 0.05) is 12.5 Å². The van der Waals surface area contributed by atoms with Crippen molar-refractivity contribution in [2.75, 3.05) is 0 Å². The Bertz CT molecular complexity index is 825. The predicted octanol–water partition coefficient (Wildman–Crippen LogP) is 10.1. The molecule has 2 aromatic carbocycles. The van der Waals surface area contributed by atoms with Crippen molar-refractivity contribution in [3.05, 3.63) is 59.7 Å². The third-order valence-electron chi connectivity index (χ3n) is 7.33. The molecule has 1 aliphatic rings. The molecule has 182 valence electrons. The Morgan fingerprint density at radius 1 is 0.697 bits per heavy atom. The number of hydrogen-bond donors (Lipinski definition) is 0. The van der Waals surface area contributed by atoms with Gasteiger partial charge in [0.15, 0.2) is 0 Å². The average molecular weight is 463 g/mol. The van der Waals surface area contributed by atoms with Crippen molar-refractivity contribution < 1.29 is 17.6 Å². The van der Waals surface area contributed by atoms with Gasteiger partial charge in [0.1, 0.15) is 0 Å². The summed E-state index contributed by atoms with van der Waals surface area (Å²) in [5.41, 5.74) is 2.34. The lowest BCUT2D eigenvalue weighted by atomic mass is 9.77. The second-order valence-corrected chi connectivity index (χ2v) is 9.94. The maximum Gasteiger partial charge on any atom is 0.335 e. The molecule has 1 aliphatic carbocycles. The average Bonchev–Trinajstić information content (AvgIpc) is 2.81. The summed E-state index contributed by atoms with van der Waals surface area (Å²) in [7, 11) is 0. The SMILES string of the molecule is CCCCCCCCC1CCC(c2ccc(-c3ccc(C(F)(F)C(C)(F)F)cc3)cc2)CC1. The molecule has 0 bridgehead atoms. The first-order chi connectivity index (χ1) is 15.7. The molecule has 3 rings (SSSR count). The van der Waals surface area contributed by atoms with Crippen LogP contribution in [0.15, 0.2) is 48.5 Å². The Morgan fingerprint density at radius 3 is 1.76 bits per heavy atom. The van der Waals surface area contributed by atoms with Crippen LogP contribution in [0.1, 0.15) is 102 Å².